The van der Waals surface area contributed by atoms with Crippen LogP contribution in [-0.4, -0.2) is 41.7 Å². The number of hydrogen-bond acceptors (Lipinski definition) is 3. The van der Waals surface area contributed by atoms with Crippen molar-refractivity contribution in [3.05, 3.63) is 42.5 Å². The van der Waals surface area contributed by atoms with E-state index in [0.29, 0.717) is 12.5 Å². The number of carbonyl (C=O) groups is 1. The molecule has 1 fully saturated rings. The zero-order valence-electron chi connectivity index (χ0n) is 12.7. The summed E-state index contributed by atoms with van der Waals surface area (Å²) in [6, 6.07) is 8.00. The van der Waals surface area contributed by atoms with Gasteiger partial charge in [0, 0.05) is 19.0 Å². The van der Waals surface area contributed by atoms with E-state index in [2.05, 4.69) is 18.7 Å². The lowest BCUT2D eigenvalue weighted by molar-refractivity contribution is -0.133. The topological polar surface area (TPSA) is 49.8 Å². The molecule has 21 heavy (non-hydrogen) atoms. The third-order valence-electron chi connectivity index (χ3n) is 4.08. The van der Waals surface area contributed by atoms with Gasteiger partial charge in [0.15, 0.2) is 0 Å². The smallest absolute Gasteiger partial charge is 0.225 e. The molecule has 1 aromatic rings. The Kier molecular flexibility index (Phi) is 4.68. The molecule has 0 spiro atoms. The molecule has 0 aromatic heterocycles. The number of methoxy groups -OCH3 is 1. The van der Waals surface area contributed by atoms with Crippen LogP contribution in [-0.2, 0) is 4.79 Å². The van der Waals surface area contributed by atoms with Crippen LogP contribution in [0.5, 0.6) is 5.75 Å². The van der Waals surface area contributed by atoms with Gasteiger partial charge < -0.3 is 14.7 Å². The number of rotatable bonds is 5. The molecule has 1 heterocycles. The van der Waals surface area contributed by atoms with E-state index in [1.165, 1.54) is 11.6 Å². The summed E-state index contributed by atoms with van der Waals surface area (Å²) in [4.78, 5) is 14.0. The predicted molar refractivity (Wildman–Crippen MR) is 82.4 cm³/mol. The molecule has 1 aliphatic rings. The molecule has 1 N–H and O–H groups in total. The van der Waals surface area contributed by atoms with Crippen molar-refractivity contribution in [3.63, 3.8) is 0 Å². The van der Waals surface area contributed by atoms with Crippen LogP contribution in [0.4, 0.5) is 0 Å². The maximum Gasteiger partial charge on any atom is 0.225 e. The summed E-state index contributed by atoms with van der Waals surface area (Å²) in [5.41, 5.74) is 0.0940. The van der Waals surface area contributed by atoms with Gasteiger partial charge in [-0.05, 0) is 31.0 Å². The molecule has 1 aliphatic heterocycles. The molecule has 1 aromatic carbocycles. The fraction of sp³-hybridized carbons (Fsp3) is 0.471. The number of benzene rings is 1. The first-order valence-electron chi connectivity index (χ1n) is 7.23. The maximum atomic E-state index is 12.2. The number of likely N-dealkylation sites (tertiary alicyclic amines) is 1. The molecule has 0 radical (unpaired) electrons. The van der Waals surface area contributed by atoms with Crippen molar-refractivity contribution in [2.45, 2.75) is 31.3 Å². The molecule has 0 bridgehead atoms. The maximum absolute atomic E-state index is 12.2. The molecule has 4 heteroatoms. The molecular weight excluding hydrogens is 266 g/mol. The van der Waals surface area contributed by atoms with Gasteiger partial charge in [-0.25, -0.2) is 0 Å². The van der Waals surface area contributed by atoms with Gasteiger partial charge in [0.25, 0.3) is 0 Å². The average Bonchev–Trinajstić information content (AvgIpc) is 2.97. The highest BCUT2D eigenvalue weighted by molar-refractivity contribution is 5.78. The largest absolute Gasteiger partial charge is 0.497 e. The number of amides is 1. The van der Waals surface area contributed by atoms with Crippen molar-refractivity contribution in [1.29, 1.82) is 0 Å². The fourth-order valence-corrected chi connectivity index (χ4v) is 2.63. The predicted octanol–water partition coefficient (Wildman–Crippen LogP) is 2.34. The first-order chi connectivity index (χ1) is 9.95. The number of nitrogens with zero attached hydrogens (tertiary/aromatic N) is 1. The molecule has 0 aliphatic carbocycles. The first kappa shape index (κ1) is 15.6. The van der Waals surface area contributed by atoms with Crippen LogP contribution in [0.3, 0.4) is 0 Å². The zero-order chi connectivity index (χ0) is 15.5. The second-order valence-corrected chi connectivity index (χ2v) is 5.84. The minimum atomic E-state index is -1.13. The van der Waals surface area contributed by atoms with Crippen LogP contribution in [0, 0.1) is 0 Å². The molecular formula is C17H23NO3. The van der Waals surface area contributed by atoms with Crippen LogP contribution in [0.2, 0.25) is 0 Å². The van der Waals surface area contributed by atoms with E-state index in [1.54, 1.807) is 14.0 Å². The summed E-state index contributed by atoms with van der Waals surface area (Å²) in [7, 11) is 1.65. The Labute approximate surface area is 126 Å². The highest BCUT2D eigenvalue weighted by Gasteiger charge is 2.30. The SMILES string of the molecule is C=C[C@@](C)(O)CC(=O)N1CC[C@H](c2ccc(OC)cc2)C1. The van der Waals surface area contributed by atoms with Crippen molar-refractivity contribution in [2.24, 2.45) is 0 Å². The Morgan fingerprint density at radius 2 is 2.19 bits per heavy atom. The molecule has 0 unspecified atom stereocenters. The van der Waals surface area contributed by atoms with Crippen LogP contribution in [0.25, 0.3) is 0 Å². The average molecular weight is 289 g/mol. The van der Waals surface area contributed by atoms with Crippen molar-refractivity contribution < 1.29 is 14.6 Å². The van der Waals surface area contributed by atoms with E-state index in [-0.39, 0.29) is 12.3 Å². The van der Waals surface area contributed by atoms with Crippen LogP contribution >= 0.6 is 0 Å². The minimum Gasteiger partial charge on any atom is -0.497 e. The molecule has 1 amide bonds. The Morgan fingerprint density at radius 1 is 1.52 bits per heavy atom. The minimum absolute atomic E-state index is 0.0177. The van der Waals surface area contributed by atoms with Gasteiger partial charge in [-0.2, -0.15) is 0 Å². The van der Waals surface area contributed by atoms with Crippen molar-refractivity contribution in [2.75, 3.05) is 20.2 Å². The highest BCUT2D eigenvalue weighted by atomic mass is 16.5. The second kappa shape index (κ2) is 6.31. The van der Waals surface area contributed by atoms with E-state index in [0.717, 1.165) is 18.7 Å². The number of ether oxygens (including phenoxy) is 1. The lowest BCUT2D eigenvalue weighted by atomic mass is 9.98. The van der Waals surface area contributed by atoms with E-state index >= 15 is 0 Å². The van der Waals surface area contributed by atoms with Gasteiger partial charge in [0.1, 0.15) is 5.75 Å². The standard InChI is InChI=1S/C17H23NO3/c1-4-17(2,20)11-16(19)18-10-9-14(12-18)13-5-7-15(21-3)8-6-13/h4-8,14,20H,1,9-12H2,2-3H3/t14-,17+/m0/s1. The van der Waals surface area contributed by atoms with Gasteiger partial charge >= 0.3 is 0 Å². The summed E-state index contributed by atoms with van der Waals surface area (Å²) < 4.78 is 5.16. The Hall–Kier alpha value is -1.81. The van der Waals surface area contributed by atoms with Crippen molar-refractivity contribution >= 4 is 5.91 Å². The highest BCUT2D eigenvalue weighted by Crippen LogP contribution is 2.29. The lowest BCUT2D eigenvalue weighted by Crippen LogP contribution is -2.35. The molecule has 4 nitrogen and oxygen atoms in total. The quantitative estimate of drug-likeness (QED) is 0.846. The van der Waals surface area contributed by atoms with Crippen molar-refractivity contribution in [1.82, 2.24) is 4.90 Å². The molecule has 1 saturated heterocycles. The van der Waals surface area contributed by atoms with Gasteiger partial charge in [0.2, 0.25) is 5.91 Å². The third kappa shape index (κ3) is 3.85. The second-order valence-electron chi connectivity index (χ2n) is 5.84. The van der Waals surface area contributed by atoms with E-state index in [1.807, 2.05) is 17.0 Å². The Balaban J connectivity index is 1.96. The summed E-state index contributed by atoms with van der Waals surface area (Å²) >= 11 is 0. The number of hydrogen-bond donors (Lipinski definition) is 1. The van der Waals surface area contributed by atoms with E-state index in [9.17, 15) is 9.90 Å². The molecule has 2 rings (SSSR count). The molecule has 114 valence electrons. The summed E-state index contributed by atoms with van der Waals surface area (Å²) in [6.07, 6.45) is 2.46. The number of aliphatic hydroxyl groups is 1. The third-order valence-corrected chi connectivity index (χ3v) is 4.08. The van der Waals surface area contributed by atoms with Gasteiger partial charge in [-0.15, -0.1) is 6.58 Å². The fourth-order valence-electron chi connectivity index (χ4n) is 2.63. The lowest BCUT2D eigenvalue weighted by Gasteiger charge is -2.23. The summed E-state index contributed by atoms with van der Waals surface area (Å²) in [5, 5.41) is 9.92. The zero-order valence-corrected chi connectivity index (χ0v) is 12.7. The number of carbonyl (C=O) groups excluding carboxylic acids is 1. The monoisotopic (exact) mass is 289 g/mol. The van der Waals surface area contributed by atoms with Crippen LogP contribution < -0.4 is 4.74 Å². The summed E-state index contributed by atoms with van der Waals surface area (Å²) in [6.45, 7) is 6.61. The van der Waals surface area contributed by atoms with Crippen LogP contribution in [0.15, 0.2) is 36.9 Å². The van der Waals surface area contributed by atoms with E-state index < -0.39 is 5.60 Å². The normalized spacial score (nSPS) is 20.9. The van der Waals surface area contributed by atoms with Crippen LogP contribution in [0.1, 0.15) is 31.2 Å². The van der Waals surface area contributed by atoms with Gasteiger partial charge in [-0.1, -0.05) is 18.2 Å². The Bertz CT molecular complexity index is 507. The summed E-state index contributed by atoms with van der Waals surface area (Å²) in [5.74, 6) is 1.18. The molecule has 2 atom stereocenters. The molecule has 0 saturated carbocycles. The van der Waals surface area contributed by atoms with Gasteiger partial charge in [0.05, 0.1) is 19.1 Å². The van der Waals surface area contributed by atoms with Gasteiger partial charge in [-0.3, -0.25) is 4.79 Å². The first-order valence-corrected chi connectivity index (χ1v) is 7.23. The van der Waals surface area contributed by atoms with E-state index in [4.69, 9.17) is 4.74 Å². The van der Waals surface area contributed by atoms with Crippen molar-refractivity contribution in [3.8, 4) is 5.75 Å². The Morgan fingerprint density at radius 3 is 2.76 bits per heavy atom.